The Morgan fingerprint density at radius 3 is 2.42 bits per heavy atom. The van der Waals surface area contributed by atoms with Gasteiger partial charge in [0.15, 0.2) is 34.7 Å². The van der Waals surface area contributed by atoms with Crippen LogP contribution in [0.4, 0.5) is 31.8 Å². The molecular formula is C24H25F2N9O3. The molecule has 0 aliphatic carbocycles. The lowest BCUT2D eigenvalue weighted by Gasteiger charge is -2.17. The number of nitrogens with one attached hydrogen (secondary N) is 3. The number of aromatic nitrogens is 6. The van der Waals surface area contributed by atoms with Crippen molar-refractivity contribution in [1.29, 1.82) is 0 Å². The molecular weight excluding hydrogens is 500 g/mol. The summed E-state index contributed by atoms with van der Waals surface area (Å²) in [5.74, 6) is -2.20. The second kappa shape index (κ2) is 10.3. The Hall–Kier alpha value is -4.72. The quantitative estimate of drug-likeness (QED) is 0.268. The van der Waals surface area contributed by atoms with Crippen molar-refractivity contribution in [3.8, 4) is 17.1 Å². The van der Waals surface area contributed by atoms with Crippen LogP contribution in [-0.2, 0) is 12.6 Å². The van der Waals surface area contributed by atoms with E-state index in [4.69, 9.17) is 8.85 Å². The van der Waals surface area contributed by atoms with Gasteiger partial charge in [0.25, 0.3) is 5.91 Å². The fraction of sp³-hybridized carbons (Fsp3) is 0.250. The van der Waals surface area contributed by atoms with Gasteiger partial charge in [-0.15, -0.1) is 10.2 Å². The van der Waals surface area contributed by atoms with E-state index in [9.17, 15) is 18.7 Å². The molecule has 12 nitrogen and oxygen atoms in total. The van der Waals surface area contributed by atoms with Crippen LogP contribution in [0.1, 0.15) is 34.1 Å². The Kier molecular flexibility index (Phi) is 6.11. The van der Waals surface area contributed by atoms with Crippen LogP contribution in [0.5, 0.6) is 5.75 Å². The molecule has 4 N–H and O–H groups in total. The van der Waals surface area contributed by atoms with Gasteiger partial charge in [0, 0.05) is 36.3 Å². The van der Waals surface area contributed by atoms with Crippen molar-refractivity contribution in [2.24, 2.45) is 7.05 Å². The first kappa shape index (κ1) is 22.5. The first-order chi connectivity index (χ1) is 19.1. The molecule has 0 fully saturated rings. The van der Waals surface area contributed by atoms with E-state index in [1.165, 1.54) is 17.9 Å². The molecule has 14 heteroatoms. The van der Waals surface area contributed by atoms with Crippen molar-refractivity contribution in [3.63, 3.8) is 0 Å². The third kappa shape index (κ3) is 5.49. The minimum atomic E-state index is -2.84. The molecule has 0 aliphatic heterocycles. The zero-order valence-electron chi connectivity index (χ0n) is 23.7. The summed E-state index contributed by atoms with van der Waals surface area (Å²) in [7, 11) is 2.94. The normalized spacial score (nSPS) is 12.8. The highest BCUT2D eigenvalue weighted by atomic mass is 19.1. The van der Waals surface area contributed by atoms with Gasteiger partial charge >= 0.3 is 0 Å². The van der Waals surface area contributed by atoms with Gasteiger partial charge in [-0.3, -0.25) is 9.48 Å². The number of rotatable bonds is 8. The summed E-state index contributed by atoms with van der Waals surface area (Å²) in [6.45, 7) is 0.342. The Bertz CT molecular complexity index is 1590. The molecule has 0 spiro atoms. The van der Waals surface area contributed by atoms with Gasteiger partial charge in [0.05, 0.1) is 42.1 Å². The number of ether oxygens (including phenoxy) is 1. The number of benzene rings is 1. The van der Waals surface area contributed by atoms with Crippen molar-refractivity contribution in [1.82, 2.24) is 35.3 Å². The highest BCUT2D eigenvalue weighted by Crippen LogP contribution is 2.38. The lowest BCUT2D eigenvalue weighted by atomic mass is 10.1. The van der Waals surface area contributed by atoms with E-state index in [0.29, 0.717) is 5.69 Å². The number of amides is 1. The van der Waals surface area contributed by atoms with Gasteiger partial charge in [-0.05, 0) is 19.9 Å². The van der Waals surface area contributed by atoms with Crippen molar-refractivity contribution in [2.45, 2.75) is 19.4 Å². The van der Waals surface area contributed by atoms with Gasteiger partial charge in [-0.1, -0.05) is 0 Å². The number of aliphatic hydroxyl groups is 1. The molecule has 0 saturated carbocycles. The molecule has 0 radical (unpaired) electrons. The van der Waals surface area contributed by atoms with Crippen LogP contribution in [0.15, 0.2) is 36.7 Å². The van der Waals surface area contributed by atoms with E-state index >= 15 is 0 Å². The lowest BCUT2D eigenvalue weighted by molar-refractivity contribution is 0.0695. The summed E-state index contributed by atoms with van der Waals surface area (Å²) >= 11 is 0. The van der Waals surface area contributed by atoms with Crippen LogP contribution in [0.25, 0.3) is 11.4 Å². The number of hydrogen-bond donors (Lipinski definition) is 4. The average molecular weight is 529 g/mol. The second-order valence-electron chi connectivity index (χ2n) is 8.55. The van der Waals surface area contributed by atoms with Crippen LogP contribution >= 0.6 is 0 Å². The van der Waals surface area contributed by atoms with E-state index in [1.807, 2.05) is 5.32 Å². The molecule has 0 aliphatic rings. The molecule has 0 atom stereocenters. The number of halogens is 2. The molecule has 4 aromatic rings. The summed E-state index contributed by atoms with van der Waals surface area (Å²) in [5, 5.41) is 30.0. The lowest BCUT2D eigenvalue weighted by Crippen LogP contribution is -2.21. The van der Waals surface area contributed by atoms with Crippen LogP contribution in [0.3, 0.4) is 0 Å². The molecule has 1 aromatic carbocycles. The summed E-state index contributed by atoms with van der Waals surface area (Å²) in [6, 6.07) is 5.03. The van der Waals surface area contributed by atoms with Crippen molar-refractivity contribution >= 4 is 28.9 Å². The molecule has 4 rings (SSSR count). The molecule has 198 valence electrons. The Labute approximate surface area is 220 Å². The maximum Gasteiger partial charge on any atom is 0.273 e. The number of methoxy groups -OCH3 is 1. The molecule has 0 saturated heterocycles. The van der Waals surface area contributed by atoms with Gasteiger partial charge in [0.1, 0.15) is 11.4 Å². The first-order valence-corrected chi connectivity index (χ1v) is 11.0. The molecule has 3 heterocycles. The maximum atomic E-state index is 14.7. The summed E-state index contributed by atoms with van der Waals surface area (Å²) < 4.78 is 57.2. The van der Waals surface area contributed by atoms with Crippen molar-refractivity contribution < 1.29 is 27.5 Å². The zero-order valence-corrected chi connectivity index (χ0v) is 20.7. The first-order valence-electron chi connectivity index (χ1n) is 12.5. The predicted octanol–water partition coefficient (Wildman–Crippen LogP) is 3.03. The molecule has 1 amide bonds. The van der Waals surface area contributed by atoms with E-state index in [1.54, 1.807) is 27.0 Å². The number of carbonyl (C=O) groups excluding carboxylic acids is 1. The monoisotopic (exact) mass is 528 g/mol. The number of aryl methyl sites for hydroxylation is 1. The van der Waals surface area contributed by atoms with E-state index in [0.717, 1.165) is 24.5 Å². The van der Waals surface area contributed by atoms with Crippen molar-refractivity contribution in [3.05, 3.63) is 59.7 Å². The minimum absolute atomic E-state index is 0.0144. The van der Waals surface area contributed by atoms with Crippen LogP contribution < -0.4 is 20.7 Å². The Balaban J connectivity index is 1.79. The van der Waals surface area contributed by atoms with E-state index in [-0.39, 0.29) is 40.1 Å². The Morgan fingerprint density at radius 2 is 1.79 bits per heavy atom. The van der Waals surface area contributed by atoms with E-state index < -0.39 is 35.8 Å². The van der Waals surface area contributed by atoms with Gasteiger partial charge in [-0.25, -0.2) is 18.7 Å². The highest BCUT2D eigenvalue weighted by molar-refractivity contribution is 5.99. The summed E-state index contributed by atoms with van der Waals surface area (Å²) in [5.41, 5.74) is -1.18. The smallest absolute Gasteiger partial charge is 0.273 e. The molecule has 38 heavy (non-hydrogen) atoms. The van der Waals surface area contributed by atoms with Crippen LogP contribution in [-0.4, -0.2) is 55.0 Å². The largest absolute Gasteiger partial charge is 0.494 e. The maximum absolute atomic E-state index is 14.7. The zero-order chi connectivity index (χ0) is 30.1. The number of hydrogen-bond acceptors (Lipinski definition) is 10. The summed E-state index contributed by atoms with van der Waals surface area (Å²) in [4.78, 5) is 20.5. The highest BCUT2D eigenvalue weighted by Gasteiger charge is 2.23. The van der Waals surface area contributed by atoms with Crippen LogP contribution in [0.2, 0.25) is 0 Å². The number of nitrogens with zero attached hydrogens (tertiary/aromatic N) is 6. The average Bonchev–Trinajstić information content (AvgIpc) is 3.23. The molecule has 0 bridgehead atoms. The predicted molar refractivity (Wildman–Crippen MR) is 134 cm³/mol. The molecule has 0 unspecified atom stereocenters. The van der Waals surface area contributed by atoms with Gasteiger partial charge in [-0.2, -0.15) is 5.10 Å². The Morgan fingerprint density at radius 1 is 1.05 bits per heavy atom. The van der Waals surface area contributed by atoms with Gasteiger partial charge in [0.2, 0.25) is 0 Å². The van der Waals surface area contributed by atoms with Crippen LogP contribution in [0, 0.1) is 11.6 Å². The SMILES string of the molecule is [2H]C([2H])([2H])NC(=O)c1nnc(Nc2cc(C(C)(C)O)n(C)n2)cc1Nc1cc(F)cc(-c2ncc(F)cn2)c1OC. The topological polar surface area (TPSA) is 152 Å². The molecule has 3 aromatic heterocycles. The fourth-order valence-corrected chi connectivity index (χ4v) is 3.68. The van der Waals surface area contributed by atoms with Crippen molar-refractivity contribution in [2.75, 3.05) is 24.7 Å². The number of anilines is 4. The third-order valence-electron chi connectivity index (χ3n) is 5.27. The fourth-order valence-electron chi connectivity index (χ4n) is 3.68. The van der Waals surface area contributed by atoms with E-state index in [2.05, 4.69) is 35.9 Å². The summed E-state index contributed by atoms with van der Waals surface area (Å²) in [6.07, 6.45) is 1.81. The standard InChI is InChI=1S/C24H25F2N9O3/c1-24(2,37)17-9-19(34-35(17)4)31-18-8-15(20(33-32-18)23(36)27-3)30-16-7-12(25)6-14(21(16)38-5)22-28-10-13(26)11-29-22/h6-11,37H,1-5H3,(H,27,36)(H2,30,31,32,34)/i3D3. The number of carbonyl (C=O) groups is 1. The second-order valence-corrected chi connectivity index (χ2v) is 8.55. The van der Waals surface area contributed by atoms with Gasteiger partial charge < -0.3 is 25.8 Å². The third-order valence-corrected chi connectivity index (χ3v) is 5.27. The minimum Gasteiger partial charge on any atom is -0.494 e.